The van der Waals surface area contributed by atoms with Crippen molar-refractivity contribution in [2.24, 2.45) is 5.84 Å². The van der Waals surface area contributed by atoms with Crippen LogP contribution in [-0.2, 0) is 13.0 Å². The van der Waals surface area contributed by atoms with Crippen LogP contribution < -0.4 is 11.3 Å². The van der Waals surface area contributed by atoms with E-state index in [2.05, 4.69) is 29.2 Å². The highest BCUT2D eigenvalue weighted by atomic mass is 32.1. The number of thiazole rings is 1. The highest BCUT2D eigenvalue weighted by Crippen LogP contribution is 2.28. The van der Waals surface area contributed by atoms with Gasteiger partial charge in [0, 0.05) is 30.4 Å². The summed E-state index contributed by atoms with van der Waals surface area (Å²) in [6.07, 6.45) is 1.05. The Bertz CT molecular complexity index is 321. The number of nitrogen functional groups attached to an aromatic ring is 1. The minimum Gasteiger partial charge on any atom is -0.300 e. The summed E-state index contributed by atoms with van der Waals surface area (Å²) >= 11 is 1.67. The Morgan fingerprint density at radius 2 is 2.36 bits per heavy atom. The van der Waals surface area contributed by atoms with E-state index >= 15 is 0 Å². The highest BCUT2D eigenvalue weighted by molar-refractivity contribution is 7.15. The number of hydrogen-bond acceptors (Lipinski definition) is 5. The van der Waals surface area contributed by atoms with E-state index in [9.17, 15) is 0 Å². The molecule has 78 valence electrons. The van der Waals surface area contributed by atoms with E-state index in [1.54, 1.807) is 11.3 Å². The predicted molar refractivity (Wildman–Crippen MR) is 59.2 cm³/mol. The summed E-state index contributed by atoms with van der Waals surface area (Å²) in [4.78, 5) is 8.24. The van der Waals surface area contributed by atoms with Crippen LogP contribution in [0.2, 0.25) is 0 Å². The van der Waals surface area contributed by atoms with Gasteiger partial charge in [0.05, 0.1) is 5.69 Å². The molecule has 14 heavy (non-hydrogen) atoms. The molecule has 1 aromatic rings. The van der Waals surface area contributed by atoms with E-state index in [1.807, 2.05) is 0 Å². The summed E-state index contributed by atoms with van der Waals surface area (Å²) in [7, 11) is 0. The second kappa shape index (κ2) is 3.84. The monoisotopic (exact) mass is 212 g/mol. The molecule has 2 rings (SSSR count). The Balaban J connectivity index is 2.17. The lowest BCUT2D eigenvalue weighted by atomic mass is 10.1. The summed E-state index contributed by atoms with van der Waals surface area (Å²) in [5.74, 6) is 5.34. The number of hydrogen-bond donors (Lipinski definition) is 2. The van der Waals surface area contributed by atoms with Gasteiger partial charge in [-0.25, -0.2) is 10.8 Å². The first-order chi connectivity index (χ1) is 6.70. The molecule has 0 bridgehead atoms. The van der Waals surface area contributed by atoms with Gasteiger partial charge in [0.2, 0.25) is 0 Å². The van der Waals surface area contributed by atoms with Crippen molar-refractivity contribution in [1.29, 1.82) is 0 Å². The van der Waals surface area contributed by atoms with Gasteiger partial charge in [-0.1, -0.05) is 11.3 Å². The predicted octanol–water partition coefficient (Wildman–Crippen LogP) is 1.20. The third-order valence-electron chi connectivity index (χ3n) is 2.61. The van der Waals surface area contributed by atoms with Crippen molar-refractivity contribution in [3.8, 4) is 0 Å². The fraction of sp³-hybridized carbons (Fsp3) is 0.667. The topological polar surface area (TPSA) is 54.2 Å². The summed E-state index contributed by atoms with van der Waals surface area (Å²) in [6.45, 7) is 6.59. The molecule has 2 heterocycles. The zero-order valence-corrected chi connectivity index (χ0v) is 9.40. The molecule has 0 fully saturated rings. The van der Waals surface area contributed by atoms with Crippen LogP contribution >= 0.6 is 11.3 Å². The number of fused-ring (bicyclic) bond motifs is 1. The zero-order chi connectivity index (χ0) is 10.1. The Kier molecular flexibility index (Phi) is 2.71. The normalized spacial score (nSPS) is 17.1. The van der Waals surface area contributed by atoms with E-state index in [-0.39, 0.29) is 0 Å². The standard InChI is InChI=1S/C9H16N4S/c1-6(2)13-4-3-7-8(5-13)14-9(11-7)12-10/h6H,3-5,10H2,1-2H3,(H,11,12). The third kappa shape index (κ3) is 1.75. The quantitative estimate of drug-likeness (QED) is 0.571. The maximum Gasteiger partial charge on any atom is 0.197 e. The lowest BCUT2D eigenvalue weighted by molar-refractivity contribution is 0.205. The minimum atomic E-state index is 0.611. The van der Waals surface area contributed by atoms with E-state index in [1.165, 1.54) is 10.6 Å². The minimum absolute atomic E-state index is 0.611. The molecule has 0 saturated heterocycles. The first-order valence-electron chi connectivity index (χ1n) is 4.90. The van der Waals surface area contributed by atoms with Crippen LogP contribution in [0.15, 0.2) is 0 Å². The van der Waals surface area contributed by atoms with E-state index in [0.717, 1.165) is 24.6 Å². The second-order valence-electron chi connectivity index (χ2n) is 3.85. The van der Waals surface area contributed by atoms with Gasteiger partial charge in [0.1, 0.15) is 0 Å². The second-order valence-corrected chi connectivity index (χ2v) is 4.93. The Labute approximate surface area is 88.1 Å². The first kappa shape index (κ1) is 9.89. The summed E-state index contributed by atoms with van der Waals surface area (Å²) in [6, 6.07) is 0.611. The average molecular weight is 212 g/mol. The molecule has 0 aliphatic carbocycles. The van der Waals surface area contributed by atoms with Gasteiger partial charge in [-0.2, -0.15) is 0 Å². The van der Waals surface area contributed by atoms with E-state index in [0.29, 0.717) is 6.04 Å². The molecule has 0 aromatic carbocycles. The van der Waals surface area contributed by atoms with Crippen LogP contribution in [0.5, 0.6) is 0 Å². The van der Waals surface area contributed by atoms with Gasteiger partial charge in [-0.3, -0.25) is 10.3 Å². The SMILES string of the molecule is CC(C)N1CCc2nc(NN)sc2C1. The molecular weight excluding hydrogens is 196 g/mol. The molecule has 4 nitrogen and oxygen atoms in total. The molecule has 1 aliphatic rings. The van der Waals surface area contributed by atoms with Crippen molar-refractivity contribution in [3.05, 3.63) is 10.6 Å². The number of anilines is 1. The Morgan fingerprint density at radius 1 is 1.57 bits per heavy atom. The van der Waals surface area contributed by atoms with Gasteiger partial charge in [-0.15, -0.1) is 0 Å². The number of aromatic nitrogens is 1. The number of nitrogens with zero attached hydrogens (tertiary/aromatic N) is 2. The van der Waals surface area contributed by atoms with Crippen molar-refractivity contribution in [2.75, 3.05) is 12.0 Å². The van der Waals surface area contributed by atoms with Gasteiger partial charge in [0.15, 0.2) is 5.13 Å². The number of hydrazine groups is 1. The van der Waals surface area contributed by atoms with Crippen LogP contribution in [-0.4, -0.2) is 22.5 Å². The van der Waals surface area contributed by atoms with Crippen molar-refractivity contribution >= 4 is 16.5 Å². The molecule has 1 aromatic heterocycles. The van der Waals surface area contributed by atoms with Crippen molar-refractivity contribution in [2.45, 2.75) is 32.9 Å². The fourth-order valence-electron chi connectivity index (χ4n) is 1.72. The maximum atomic E-state index is 5.34. The largest absolute Gasteiger partial charge is 0.300 e. The molecule has 1 aliphatic heterocycles. The zero-order valence-electron chi connectivity index (χ0n) is 8.58. The number of nitrogens with one attached hydrogen (secondary N) is 1. The van der Waals surface area contributed by atoms with Crippen molar-refractivity contribution in [3.63, 3.8) is 0 Å². The lowest BCUT2D eigenvalue weighted by Gasteiger charge is -2.29. The van der Waals surface area contributed by atoms with Gasteiger partial charge >= 0.3 is 0 Å². The molecule has 0 unspecified atom stereocenters. The highest BCUT2D eigenvalue weighted by Gasteiger charge is 2.21. The average Bonchev–Trinajstić information content (AvgIpc) is 2.58. The summed E-state index contributed by atoms with van der Waals surface area (Å²) < 4.78 is 0. The van der Waals surface area contributed by atoms with Crippen LogP contribution in [0.25, 0.3) is 0 Å². The molecule has 0 saturated carbocycles. The fourth-order valence-corrected chi connectivity index (χ4v) is 2.66. The molecule has 0 spiro atoms. The molecule has 0 radical (unpaired) electrons. The number of nitrogens with two attached hydrogens (primary N) is 1. The van der Waals surface area contributed by atoms with Crippen molar-refractivity contribution < 1.29 is 0 Å². The Hall–Kier alpha value is -0.650. The van der Waals surface area contributed by atoms with E-state index in [4.69, 9.17) is 5.84 Å². The molecule has 5 heteroatoms. The molecular formula is C9H16N4S. The van der Waals surface area contributed by atoms with Gasteiger partial charge < -0.3 is 0 Å². The van der Waals surface area contributed by atoms with Crippen LogP contribution in [0.1, 0.15) is 24.4 Å². The first-order valence-corrected chi connectivity index (χ1v) is 5.71. The van der Waals surface area contributed by atoms with Crippen LogP contribution in [0, 0.1) is 0 Å². The van der Waals surface area contributed by atoms with Crippen LogP contribution in [0.4, 0.5) is 5.13 Å². The third-order valence-corrected chi connectivity index (χ3v) is 3.63. The maximum absolute atomic E-state index is 5.34. The summed E-state index contributed by atoms with van der Waals surface area (Å²) in [5, 5.41) is 0.834. The lowest BCUT2D eigenvalue weighted by Crippen LogP contribution is -2.35. The van der Waals surface area contributed by atoms with Crippen LogP contribution in [0.3, 0.4) is 0 Å². The van der Waals surface area contributed by atoms with Gasteiger partial charge in [-0.05, 0) is 13.8 Å². The smallest absolute Gasteiger partial charge is 0.197 e. The summed E-state index contributed by atoms with van der Waals surface area (Å²) in [5.41, 5.74) is 3.84. The molecule has 0 amide bonds. The Morgan fingerprint density at radius 3 is 3.00 bits per heavy atom. The molecule has 3 N–H and O–H groups in total. The molecule has 0 atom stereocenters. The van der Waals surface area contributed by atoms with Crippen molar-refractivity contribution in [1.82, 2.24) is 9.88 Å². The van der Waals surface area contributed by atoms with Gasteiger partial charge in [0.25, 0.3) is 0 Å². The van der Waals surface area contributed by atoms with E-state index < -0.39 is 0 Å². The number of rotatable bonds is 2.